The molecule has 1 nitrogen and oxygen atoms in total. The number of allylic oxidation sites excluding steroid dienone is 2. The van der Waals surface area contributed by atoms with E-state index in [-0.39, 0.29) is 0 Å². The Kier molecular flexibility index (Phi) is 2.27. The van der Waals surface area contributed by atoms with Gasteiger partial charge in [-0.3, -0.25) is 0 Å². The molecule has 1 heterocycles. The number of rotatable bonds is 0. The molecule has 0 aliphatic carbocycles. The van der Waals surface area contributed by atoms with Crippen LogP contribution in [0.15, 0.2) is 11.1 Å². The maximum Gasteiger partial charge on any atom is 0.0890 e. The topological polar surface area (TPSA) is 17.1 Å². The summed E-state index contributed by atoms with van der Waals surface area (Å²) in [7, 11) is -1.84. The average molecular weight is 179 g/mol. The van der Waals surface area contributed by atoms with E-state index in [9.17, 15) is 4.57 Å². The van der Waals surface area contributed by atoms with Crippen LogP contribution >= 0.6 is 18.7 Å². The average Bonchev–Trinajstić information content (AvgIpc) is 1.79. The van der Waals surface area contributed by atoms with Crippen molar-refractivity contribution in [1.29, 1.82) is 0 Å². The lowest BCUT2D eigenvalue weighted by Crippen LogP contribution is -2.09. The highest BCUT2D eigenvalue weighted by Gasteiger charge is 2.24. The Labute approximate surface area is 66.8 Å². The molecule has 58 valence electrons. The predicted octanol–water partition coefficient (Wildman–Crippen LogP) is 2.75. The van der Waals surface area contributed by atoms with Crippen molar-refractivity contribution < 1.29 is 4.57 Å². The molecule has 1 unspecified atom stereocenters. The Bertz CT molecular complexity index is 210. The minimum atomic E-state index is -1.84. The molecule has 0 aromatic rings. The minimum absolute atomic E-state index is 0.311. The normalized spacial score (nSPS) is 41.1. The van der Waals surface area contributed by atoms with E-state index in [4.69, 9.17) is 11.6 Å². The molecule has 0 saturated carbocycles. The molecule has 0 bridgehead atoms. The van der Waals surface area contributed by atoms with Gasteiger partial charge in [0.2, 0.25) is 0 Å². The van der Waals surface area contributed by atoms with E-state index in [1.165, 1.54) is 0 Å². The monoisotopic (exact) mass is 178 g/mol. The van der Waals surface area contributed by atoms with Crippen LogP contribution in [-0.2, 0) is 4.57 Å². The zero-order chi connectivity index (χ0) is 7.78. The third-order valence-corrected chi connectivity index (χ3v) is 4.61. The Balaban J connectivity index is 2.79. The van der Waals surface area contributed by atoms with E-state index in [0.29, 0.717) is 12.1 Å². The fraction of sp³-hybridized carbons (Fsp3) is 0.714. The van der Waals surface area contributed by atoms with E-state index in [0.717, 1.165) is 11.2 Å². The highest BCUT2D eigenvalue weighted by molar-refractivity contribution is 7.63. The second-order valence-electron chi connectivity index (χ2n) is 3.15. The van der Waals surface area contributed by atoms with Gasteiger partial charge in [-0.2, -0.15) is 0 Å². The van der Waals surface area contributed by atoms with E-state index in [2.05, 4.69) is 0 Å². The smallest absolute Gasteiger partial charge is 0.0890 e. The molecule has 3 heteroatoms. The number of halogens is 1. The molecule has 0 amide bonds. The van der Waals surface area contributed by atoms with Gasteiger partial charge < -0.3 is 4.57 Å². The molecule has 0 radical (unpaired) electrons. The van der Waals surface area contributed by atoms with Gasteiger partial charge in [0.15, 0.2) is 0 Å². The largest absolute Gasteiger partial charge is 0.323 e. The Morgan fingerprint density at radius 1 is 1.80 bits per heavy atom. The van der Waals surface area contributed by atoms with Gasteiger partial charge in [-0.25, -0.2) is 0 Å². The van der Waals surface area contributed by atoms with Crippen LogP contribution in [0.2, 0.25) is 0 Å². The summed E-state index contributed by atoms with van der Waals surface area (Å²) in [6.07, 6.45) is 3.37. The van der Waals surface area contributed by atoms with Crippen molar-refractivity contribution in [1.82, 2.24) is 0 Å². The minimum Gasteiger partial charge on any atom is -0.323 e. The molecule has 0 spiro atoms. The van der Waals surface area contributed by atoms with E-state index in [1.54, 1.807) is 0 Å². The van der Waals surface area contributed by atoms with Crippen LogP contribution in [-0.4, -0.2) is 19.0 Å². The highest BCUT2D eigenvalue weighted by atomic mass is 35.5. The van der Waals surface area contributed by atoms with Gasteiger partial charge in [0, 0.05) is 17.4 Å². The number of hydrogen-bond acceptors (Lipinski definition) is 1. The van der Waals surface area contributed by atoms with Gasteiger partial charge in [-0.05, 0) is 12.6 Å². The van der Waals surface area contributed by atoms with Gasteiger partial charge in [-0.15, -0.1) is 0 Å². The van der Waals surface area contributed by atoms with E-state index < -0.39 is 7.14 Å². The van der Waals surface area contributed by atoms with Crippen LogP contribution in [0, 0.1) is 5.92 Å². The molecule has 2 atom stereocenters. The third-order valence-electron chi connectivity index (χ3n) is 1.80. The fourth-order valence-electron chi connectivity index (χ4n) is 1.22. The van der Waals surface area contributed by atoms with Crippen LogP contribution in [0.25, 0.3) is 0 Å². The molecule has 1 aliphatic heterocycles. The van der Waals surface area contributed by atoms with Crippen molar-refractivity contribution >= 4 is 18.7 Å². The second kappa shape index (κ2) is 2.71. The lowest BCUT2D eigenvalue weighted by atomic mass is 10.2. The Morgan fingerprint density at radius 2 is 2.40 bits per heavy atom. The van der Waals surface area contributed by atoms with E-state index >= 15 is 0 Å². The summed E-state index contributed by atoms with van der Waals surface area (Å²) in [6, 6.07) is 0. The quantitative estimate of drug-likeness (QED) is 0.522. The van der Waals surface area contributed by atoms with Crippen LogP contribution in [0.3, 0.4) is 0 Å². The molecule has 1 rings (SSSR count). The lowest BCUT2D eigenvalue weighted by molar-refractivity contribution is 0.572. The van der Waals surface area contributed by atoms with Gasteiger partial charge in [0.05, 0.1) is 7.14 Å². The van der Waals surface area contributed by atoms with Crippen molar-refractivity contribution in [2.24, 2.45) is 5.92 Å². The Hall–Kier alpha value is 0.260. The third kappa shape index (κ3) is 1.87. The van der Waals surface area contributed by atoms with Gasteiger partial charge in [0.1, 0.15) is 0 Å². The summed E-state index contributed by atoms with van der Waals surface area (Å²) < 4.78 is 11.5. The first kappa shape index (κ1) is 8.36. The van der Waals surface area contributed by atoms with Crippen LogP contribution in [0.4, 0.5) is 0 Å². The van der Waals surface area contributed by atoms with Crippen LogP contribution < -0.4 is 0 Å². The molecule has 1 aliphatic rings. The zero-order valence-electron chi connectivity index (χ0n) is 6.30. The maximum atomic E-state index is 11.5. The zero-order valence-corrected chi connectivity index (χ0v) is 7.95. The van der Waals surface area contributed by atoms with Crippen molar-refractivity contribution in [3.63, 3.8) is 0 Å². The first-order valence-electron chi connectivity index (χ1n) is 3.42. The highest BCUT2D eigenvalue weighted by Crippen LogP contribution is 2.48. The predicted molar refractivity (Wildman–Crippen MR) is 46.4 cm³/mol. The number of hydrogen-bond donors (Lipinski definition) is 0. The van der Waals surface area contributed by atoms with Crippen LogP contribution in [0.5, 0.6) is 0 Å². The van der Waals surface area contributed by atoms with Crippen molar-refractivity contribution in [2.75, 3.05) is 19.0 Å². The Morgan fingerprint density at radius 3 is 2.80 bits per heavy atom. The van der Waals surface area contributed by atoms with E-state index in [1.807, 2.05) is 19.7 Å². The van der Waals surface area contributed by atoms with Crippen molar-refractivity contribution in [3.05, 3.63) is 11.1 Å². The lowest BCUT2D eigenvalue weighted by Gasteiger charge is -2.21. The summed E-state index contributed by atoms with van der Waals surface area (Å²) in [4.78, 5) is 0. The molecule has 0 aromatic carbocycles. The van der Waals surface area contributed by atoms with Crippen molar-refractivity contribution in [3.8, 4) is 0 Å². The summed E-state index contributed by atoms with van der Waals surface area (Å²) in [5.41, 5.74) is 0. The molecule has 0 fully saturated rings. The summed E-state index contributed by atoms with van der Waals surface area (Å²) in [5, 5.41) is 0.883. The van der Waals surface area contributed by atoms with Gasteiger partial charge in [-0.1, -0.05) is 24.6 Å². The molecule has 0 N–H and O–H groups in total. The molecular weight excluding hydrogens is 167 g/mol. The first-order chi connectivity index (χ1) is 4.51. The summed E-state index contributed by atoms with van der Waals surface area (Å²) >= 11 is 5.83. The molecular formula is C7H12ClOP. The standard InChI is InChI=1S/C7H12ClOP/c1-6-5-10(2,9)4-3-7(6)8/h3,6H,4-5H2,1-2H3/t6-,10?/m1/s1. The van der Waals surface area contributed by atoms with Gasteiger partial charge in [0.25, 0.3) is 0 Å². The SMILES string of the molecule is C[C@@H]1CP(C)(=O)CC=C1Cl. The summed E-state index contributed by atoms with van der Waals surface area (Å²) in [6.45, 7) is 3.87. The molecule has 0 saturated heterocycles. The summed E-state index contributed by atoms with van der Waals surface area (Å²) in [5.74, 6) is 0.311. The molecule has 10 heavy (non-hydrogen) atoms. The first-order valence-corrected chi connectivity index (χ1v) is 6.32. The van der Waals surface area contributed by atoms with Gasteiger partial charge >= 0.3 is 0 Å². The second-order valence-corrected chi connectivity index (χ2v) is 6.91. The molecule has 0 aromatic heterocycles. The van der Waals surface area contributed by atoms with Crippen LogP contribution in [0.1, 0.15) is 6.92 Å². The fourth-order valence-corrected chi connectivity index (χ4v) is 3.68. The van der Waals surface area contributed by atoms with Crippen molar-refractivity contribution in [2.45, 2.75) is 6.92 Å². The maximum absolute atomic E-state index is 11.5.